The molecule has 0 amide bonds. The third-order valence-electron chi connectivity index (χ3n) is 8.49. The number of piperidine rings is 1. The number of hydrogen-bond donors (Lipinski definition) is 1. The summed E-state index contributed by atoms with van der Waals surface area (Å²) in [4.78, 5) is 19.9. The van der Waals surface area contributed by atoms with E-state index in [0.717, 1.165) is 41.0 Å². The van der Waals surface area contributed by atoms with Crippen molar-refractivity contribution in [3.05, 3.63) is 78.0 Å². The third-order valence-corrected chi connectivity index (χ3v) is 8.49. The topological polar surface area (TPSA) is 98.4 Å². The van der Waals surface area contributed by atoms with Crippen molar-refractivity contribution in [1.82, 2.24) is 14.6 Å². The van der Waals surface area contributed by atoms with Gasteiger partial charge in [0.25, 0.3) is 0 Å². The molecule has 6 bridgehead atoms. The van der Waals surface area contributed by atoms with Gasteiger partial charge in [-0.05, 0) is 78.2 Å². The van der Waals surface area contributed by atoms with Crippen LogP contribution in [0.3, 0.4) is 0 Å². The molecular formula is C36H42N4O5. The molecule has 0 radical (unpaired) electrons. The standard InChI is InChI=1S/C36H42N4O5/c1-23-11-10-20-43-36(6)16-18-39(19-17-36)33-31(32(34(41)42)45-35(3,4)5)24(2)37-30-22-28(38-40(30)33)26-13-9-12-25(21-26)27-14-7-8-15-29(27)44-23/h7-15,21-23,32H,16-20H2,1-6H3,(H,41,42)/b11-10+/t23-,32-/m0/s1. The Morgan fingerprint density at radius 3 is 2.56 bits per heavy atom. The number of carboxylic acids is 1. The Balaban J connectivity index is 1.55. The van der Waals surface area contributed by atoms with Crippen LogP contribution in [-0.2, 0) is 14.3 Å². The minimum Gasteiger partial charge on any atom is -0.486 e. The van der Waals surface area contributed by atoms with Crippen molar-refractivity contribution < 1.29 is 24.1 Å². The van der Waals surface area contributed by atoms with Gasteiger partial charge in [0.15, 0.2) is 11.8 Å². The van der Waals surface area contributed by atoms with Crippen LogP contribution in [0.5, 0.6) is 5.75 Å². The van der Waals surface area contributed by atoms with Gasteiger partial charge in [-0.3, -0.25) is 0 Å². The van der Waals surface area contributed by atoms with Crippen LogP contribution in [0, 0.1) is 6.92 Å². The van der Waals surface area contributed by atoms with Gasteiger partial charge < -0.3 is 24.2 Å². The van der Waals surface area contributed by atoms with Crippen LogP contribution in [-0.4, -0.2) is 62.7 Å². The Bertz CT molecular complexity index is 1750. The lowest BCUT2D eigenvalue weighted by Gasteiger charge is -2.41. The maximum atomic E-state index is 12.8. The lowest BCUT2D eigenvalue weighted by molar-refractivity contribution is -0.160. The fraction of sp³-hybridized carbons (Fsp3) is 0.417. The highest BCUT2D eigenvalue weighted by Crippen LogP contribution is 2.39. The first-order chi connectivity index (χ1) is 21.4. The summed E-state index contributed by atoms with van der Waals surface area (Å²) in [5.41, 5.74) is 4.39. The largest absolute Gasteiger partial charge is 0.486 e. The molecule has 3 aliphatic heterocycles. The predicted octanol–water partition coefficient (Wildman–Crippen LogP) is 7.03. The van der Waals surface area contributed by atoms with E-state index in [-0.39, 0.29) is 11.7 Å². The molecule has 7 rings (SSSR count). The van der Waals surface area contributed by atoms with Crippen LogP contribution < -0.4 is 9.64 Å². The Labute approximate surface area is 264 Å². The van der Waals surface area contributed by atoms with Crippen molar-refractivity contribution in [2.75, 3.05) is 24.6 Å². The molecule has 1 fully saturated rings. The summed E-state index contributed by atoms with van der Waals surface area (Å²) in [6, 6.07) is 18.2. The van der Waals surface area contributed by atoms with Gasteiger partial charge in [-0.15, -0.1) is 0 Å². The molecule has 0 spiro atoms. The molecule has 0 saturated carbocycles. The van der Waals surface area contributed by atoms with E-state index in [1.165, 1.54) is 0 Å². The van der Waals surface area contributed by atoms with Gasteiger partial charge >= 0.3 is 5.97 Å². The molecule has 0 unspecified atom stereocenters. The van der Waals surface area contributed by atoms with E-state index in [1.807, 2.05) is 83.2 Å². The molecule has 9 heteroatoms. The van der Waals surface area contributed by atoms with E-state index in [2.05, 4.69) is 30.0 Å². The summed E-state index contributed by atoms with van der Waals surface area (Å²) in [5, 5.41) is 15.5. The van der Waals surface area contributed by atoms with E-state index in [1.54, 1.807) is 4.52 Å². The minimum atomic E-state index is -1.22. The summed E-state index contributed by atoms with van der Waals surface area (Å²) >= 11 is 0. The van der Waals surface area contributed by atoms with Gasteiger partial charge in [0.2, 0.25) is 0 Å². The highest BCUT2D eigenvalue weighted by atomic mass is 16.5. The number of benzene rings is 2. The second-order valence-corrected chi connectivity index (χ2v) is 13.3. The lowest BCUT2D eigenvalue weighted by atomic mass is 9.92. The van der Waals surface area contributed by atoms with Crippen molar-refractivity contribution in [2.45, 2.75) is 77.8 Å². The number of nitrogens with zero attached hydrogens (tertiary/aromatic N) is 4. The number of carboxylic acid groups (broad SMARTS) is 1. The first kappa shape index (κ1) is 30.8. The normalized spacial score (nSPS) is 21.8. The van der Waals surface area contributed by atoms with Crippen LogP contribution >= 0.6 is 0 Å². The molecule has 4 aromatic rings. The number of aryl methyl sites for hydroxylation is 1. The number of aromatic nitrogens is 3. The summed E-state index contributed by atoms with van der Waals surface area (Å²) in [6.07, 6.45) is 4.22. The van der Waals surface area contributed by atoms with Gasteiger partial charge in [-0.25, -0.2) is 9.78 Å². The summed E-state index contributed by atoms with van der Waals surface area (Å²) in [7, 11) is 0. The smallest absolute Gasteiger partial charge is 0.337 e. The lowest BCUT2D eigenvalue weighted by Crippen LogP contribution is -2.45. The molecule has 0 aliphatic carbocycles. The van der Waals surface area contributed by atoms with Gasteiger partial charge in [-0.2, -0.15) is 9.61 Å². The maximum Gasteiger partial charge on any atom is 0.337 e. The zero-order valence-corrected chi connectivity index (χ0v) is 26.9. The third kappa shape index (κ3) is 6.46. The highest BCUT2D eigenvalue weighted by Gasteiger charge is 2.37. The van der Waals surface area contributed by atoms with E-state index in [0.29, 0.717) is 42.4 Å². The van der Waals surface area contributed by atoms with Crippen molar-refractivity contribution in [1.29, 1.82) is 0 Å². The fourth-order valence-corrected chi connectivity index (χ4v) is 6.18. The Kier molecular flexibility index (Phi) is 8.18. The van der Waals surface area contributed by atoms with Crippen LogP contribution in [0.15, 0.2) is 66.7 Å². The molecule has 1 saturated heterocycles. The molecule has 2 aromatic heterocycles. The molecule has 1 N–H and O–H groups in total. The van der Waals surface area contributed by atoms with Gasteiger partial charge in [0.05, 0.1) is 29.1 Å². The summed E-state index contributed by atoms with van der Waals surface area (Å²) in [6.45, 7) is 13.4. The van der Waals surface area contributed by atoms with E-state index < -0.39 is 17.7 Å². The number of aliphatic carboxylic acids is 1. The molecule has 236 valence electrons. The summed E-state index contributed by atoms with van der Waals surface area (Å²) < 4.78 is 20.8. The SMILES string of the molecule is Cc1nc2cc3nn2c(c1[C@H](OC(C)(C)C)C(=O)O)N1CCC(C)(CC1)OC/C=C/[C@H](C)Oc1ccccc1-c1cccc-3c1. The Hall–Kier alpha value is -4.21. The van der Waals surface area contributed by atoms with Crippen LogP contribution in [0.25, 0.3) is 28.0 Å². The van der Waals surface area contributed by atoms with Crippen LogP contribution in [0.1, 0.15) is 64.8 Å². The van der Waals surface area contributed by atoms with Crippen LogP contribution in [0.4, 0.5) is 5.82 Å². The number of anilines is 1. The maximum absolute atomic E-state index is 12.8. The minimum absolute atomic E-state index is 0.143. The first-order valence-electron chi connectivity index (χ1n) is 15.6. The number of carbonyl (C=O) groups is 1. The van der Waals surface area contributed by atoms with Crippen molar-refractivity contribution in [3.8, 4) is 28.1 Å². The Morgan fingerprint density at radius 1 is 1.09 bits per heavy atom. The van der Waals surface area contributed by atoms with E-state index >= 15 is 0 Å². The van der Waals surface area contributed by atoms with Crippen molar-refractivity contribution in [3.63, 3.8) is 0 Å². The molecule has 2 atom stereocenters. The zero-order chi connectivity index (χ0) is 31.9. The molecular weight excluding hydrogens is 568 g/mol. The molecule has 3 aliphatic rings. The second-order valence-electron chi connectivity index (χ2n) is 13.3. The quantitative estimate of drug-likeness (QED) is 0.247. The summed E-state index contributed by atoms with van der Waals surface area (Å²) in [5.74, 6) is 0.430. The zero-order valence-electron chi connectivity index (χ0n) is 26.9. The first-order valence-corrected chi connectivity index (χ1v) is 15.6. The number of ether oxygens (including phenoxy) is 3. The molecule has 9 nitrogen and oxygen atoms in total. The van der Waals surface area contributed by atoms with Crippen LogP contribution in [0.2, 0.25) is 0 Å². The van der Waals surface area contributed by atoms with Crippen molar-refractivity contribution in [2.24, 2.45) is 0 Å². The number of fused-ring (bicyclic) bond motifs is 6. The van der Waals surface area contributed by atoms with Gasteiger partial charge in [0, 0.05) is 36.0 Å². The molecule has 5 heterocycles. The molecule has 45 heavy (non-hydrogen) atoms. The van der Waals surface area contributed by atoms with E-state index in [9.17, 15) is 9.90 Å². The average molecular weight is 611 g/mol. The number of para-hydroxylation sites is 1. The fourth-order valence-electron chi connectivity index (χ4n) is 6.18. The van der Waals surface area contributed by atoms with E-state index in [4.69, 9.17) is 24.3 Å². The molecule has 2 aromatic carbocycles. The van der Waals surface area contributed by atoms with Gasteiger partial charge in [0.1, 0.15) is 17.7 Å². The second kappa shape index (κ2) is 11.9. The average Bonchev–Trinajstić information content (AvgIpc) is 3.41. The van der Waals surface area contributed by atoms with Crippen molar-refractivity contribution >= 4 is 17.4 Å². The number of hydrogen-bond acceptors (Lipinski definition) is 7. The monoisotopic (exact) mass is 610 g/mol. The number of rotatable bonds is 3. The predicted molar refractivity (Wildman–Crippen MR) is 175 cm³/mol. The highest BCUT2D eigenvalue weighted by molar-refractivity contribution is 5.80. The Morgan fingerprint density at radius 2 is 1.82 bits per heavy atom. The van der Waals surface area contributed by atoms with Gasteiger partial charge in [-0.1, -0.05) is 42.5 Å².